The van der Waals surface area contributed by atoms with Crippen molar-refractivity contribution >= 4 is 28.2 Å². The Balaban J connectivity index is 2.02. The summed E-state index contributed by atoms with van der Waals surface area (Å²) in [6.07, 6.45) is 5.08. The van der Waals surface area contributed by atoms with Gasteiger partial charge in [-0.05, 0) is 31.7 Å². The molecule has 2 aromatic rings. The largest absolute Gasteiger partial charge is 0.477 e. The summed E-state index contributed by atoms with van der Waals surface area (Å²) in [6.45, 7) is 0. The van der Waals surface area contributed by atoms with E-state index in [0.717, 1.165) is 25.7 Å². The van der Waals surface area contributed by atoms with Gasteiger partial charge in [0.15, 0.2) is 0 Å². The zero-order valence-corrected chi connectivity index (χ0v) is 12.7. The summed E-state index contributed by atoms with van der Waals surface area (Å²) in [5.74, 6) is -1.32. The van der Waals surface area contributed by atoms with Crippen LogP contribution >= 0.6 is 0 Å². The molecule has 0 atom stereocenters. The van der Waals surface area contributed by atoms with Crippen molar-refractivity contribution in [3.05, 3.63) is 44.2 Å². The summed E-state index contributed by atoms with van der Waals surface area (Å²) < 4.78 is 1.77. The third kappa shape index (κ3) is 2.40. The maximum Gasteiger partial charge on any atom is 0.341 e. The highest BCUT2D eigenvalue weighted by molar-refractivity contribution is 5.95. The topological polar surface area (TPSA) is 114 Å². The van der Waals surface area contributed by atoms with Crippen molar-refractivity contribution in [1.82, 2.24) is 4.57 Å². The lowest BCUT2D eigenvalue weighted by Crippen LogP contribution is -2.19. The number of nitrogens with zero attached hydrogens (tertiary/aromatic N) is 2. The molecule has 0 unspecified atom stereocenters. The number of pyridine rings is 1. The minimum absolute atomic E-state index is 0.0786. The number of hydrogen-bond acceptors (Lipinski definition) is 5. The van der Waals surface area contributed by atoms with Gasteiger partial charge in [0.05, 0.1) is 15.8 Å². The first-order chi connectivity index (χ1) is 11.5. The fraction of sp³-hybridized carbons (Fsp3) is 0.375. The van der Waals surface area contributed by atoms with Crippen LogP contribution in [-0.4, -0.2) is 26.6 Å². The molecule has 2 fully saturated rings. The van der Waals surface area contributed by atoms with Crippen LogP contribution in [0.3, 0.4) is 0 Å². The van der Waals surface area contributed by atoms with Crippen molar-refractivity contribution in [3.63, 3.8) is 0 Å². The van der Waals surface area contributed by atoms with E-state index in [4.69, 9.17) is 0 Å². The monoisotopic (exact) mass is 329 g/mol. The van der Waals surface area contributed by atoms with E-state index < -0.39 is 16.3 Å². The molecule has 8 heteroatoms. The SMILES string of the molecule is O=C(O)c1cn(C2CC2)c2cc(NC3CC3)c([N+](=O)[O-])cc2c1=O. The van der Waals surface area contributed by atoms with E-state index >= 15 is 0 Å². The van der Waals surface area contributed by atoms with Gasteiger partial charge in [-0.15, -0.1) is 0 Å². The molecular formula is C16H15N3O5. The van der Waals surface area contributed by atoms with E-state index in [2.05, 4.69) is 5.32 Å². The van der Waals surface area contributed by atoms with E-state index in [-0.39, 0.29) is 28.7 Å². The van der Waals surface area contributed by atoms with Crippen LogP contribution < -0.4 is 10.7 Å². The molecule has 0 radical (unpaired) electrons. The summed E-state index contributed by atoms with van der Waals surface area (Å²) >= 11 is 0. The van der Waals surface area contributed by atoms with Gasteiger partial charge >= 0.3 is 5.97 Å². The lowest BCUT2D eigenvalue weighted by molar-refractivity contribution is -0.383. The quantitative estimate of drug-likeness (QED) is 0.643. The number of rotatable bonds is 5. The molecule has 1 heterocycles. The Kier molecular flexibility index (Phi) is 3.09. The highest BCUT2D eigenvalue weighted by Gasteiger charge is 2.30. The number of carbonyl (C=O) groups is 1. The van der Waals surface area contributed by atoms with Crippen LogP contribution in [0.2, 0.25) is 0 Å². The van der Waals surface area contributed by atoms with E-state index in [1.165, 1.54) is 12.3 Å². The van der Waals surface area contributed by atoms with Gasteiger partial charge in [-0.25, -0.2) is 4.79 Å². The van der Waals surface area contributed by atoms with Crippen molar-refractivity contribution in [3.8, 4) is 0 Å². The number of carboxylic acid groups (broad SMARTS) is 1. The van der Waals surface area contributed by atoms with Gasteiger partial charge in [-0.1, -0.05) is 0 Å². The van der Waals surface area contributed by atoms with Crippen LogP contribution in [0.1, 0.15) is 42.1 Å². The Hall–Kier alpha value is -2.90. The molecule has 124 valence electrons. The van der Waals surface area contributed by atoms with Crippen LogP contribution in [-0.2, 0) is 0 Å². The average Bonchev–Trinajstić information content (AvgIpc) is 3.40. The zero-order valence-electron chi connectivity index (χ0n) is 12.7. The van der Waals surface area contributed by atoms with Gasteiger partial charge in [0.25, 0.3) is 5.69 Å². The third-order valence-corrected chi connectivity index (χ3v) is 4.45. The lowest BCUT2D eigenvalue weighted by Gasteiger charge is -2.14. The molecule has 0 spiro atoms. The Morgan fingerprint density at radius 3 is 2.54 bits per heavy atom. The molecule has 8 nitrogen and oxygen atoms in total. The molecule has 2 saturated carbocycles. The number of carboxylic acids is 1. The molecule has 2 aliphatic carbocycles. The van der Waals surface area contributed by atoms with Gasteiger partial charge in [0, 0.05) is 24.3 Å². The summed E-state index contributed by atoms with van der Waals surface area (Å²) in [6, 6.07) is 3.17. The molecule has 4 rings (SSSR count). The van der Waals surface area contributed by atoms with Crippen molar-refractivity contribution in [2.24, 2.45) is 0 Å². The second kappa shape index (κ2) is 5.05. The third-order valence-electron chi connectivity index (χ3n) is 4.45. The molecule has 0 saturated heterocycles. The Morgan fingerprint density at radius 2 is 2.00 bits per heavy atom. The van der Waals surface area contributed by atoms with E-state index in [0.29, 0.717) is 11.2 Å². The highest BCUT2D eigenvalue weighted by Crippen LogP contribution is 2.39. The number of nitro groups is 1. The van der Waals surface area contributed by atoms with E-state index in [1.807, 2.05) is 0 Å². The summed E-state index contributed by atoms with van der Waals surface area (Å²) in [4.78, 5) is 34.6. The Labute approximate surface area is 135 Å². The van der Waals surface area contributed by atoms with Gasteiger partial charge < -0.3 is 15.0 Å². The molecule has 2 N–H and O–H groups in total. The standard InChI is InChI=1S/C16H15N3O5/c20-15-10-5-14(19(23)24)12(17-8-1-2-8)6-13(10)18(9-3-4-9)7-11(15)16(21)22/h5-9,17H,1-4H2,(H,21,22). The number of nitro benzene ring substituents is 1. The van der Waals surface area contributed by atoms with Crippen LogP contribution in [0, 0.1) is 10.1 Å². The van der Waals surface area contributed by atoms with Crippen molar-refractivity contribution < 1.29 is 14.8 Å². The smallest absolute Gasteiger partial charge is 0.341 e. The lowest BCUT2D eigenvalue weighted by atomic mass is 10.1. The second-order valence-corrected chi connectivity index (χ2v) is 6.38. The second-order valence-electron chi connectivity index (χ2n) is 6.38. The first-order valence-electron chi connectivity index (χ1n) is 7.83. The molecule has 1 aromatic carbocycles. The highest BCUT2D eigenvalue weighted by atomic mass is 16.6. The molecule has 2 aliphatic rings. The van der Waals surface area contributed by atoms with Crippen molar-refractivity contribution in [1.29, 1.82) is 0 Å². The minimum Gasteiger partial charge on any atom is -0.477 e. The maximum absolute atomic E-state index is 12.4. The predicted molar refractivity (Wildman–Crippen MR) is 86.7 cm³/mol. The number of nitrogens with one attached hydrogen (secondary N) is 1. The molecule has 0 aliphatic heterocycles. The van der Waals surface area contributed by atoms with Crippen LogP contribution in [0.15, 0.2) is 23.1 Å². The normalized spacial score (nSPS) is 17.0. The summed E-state index contributed by atoms with van der Waals surface area (Å²) in [7, 11) is 0. The van der Waals surface area contributed by atoms with Gasteiger partial charge in [-0.3, -0.25) is 14.9 Å². The first-order valence-corrected chi connectivity index (χ1v) is 7.83. The number of aromatic carboxylic acids is 1. The zero-order chi connectivity index (χ0) is 17.0. The molecular weight excluding hydrogens is 314 g/mol. The molecule has 0 amide bonds. The maximum atomic E-state index is 12.4. The Morgan fingerprint density at radius 1 is 1.29 bits per heavy atom. The number of benzene rings is 1. The van der Waals surface area contributed by atoms with Gasteiger partial charge in [-0.2, -0.15) is 0 Å². The number of hydrogen-bond donors (Lipinski definition) is 2. The van der Waals surface area contributed by atoms with Crippen LogP contribution in [0.5, 0.6) is 0 Å². The molecule has 24 heavy (non-hydrogen) atoms. The van der Waals surface area contributed by atoms with Crippen LogP contribution in [0.4, 0.5) is 11.4 Å². The van der Waals surface area contributed by atoms with Gasteiger partial charge in [0.1, 0.15) is 11.3 Å². The summed E-state index contributed by atoms with van der Waals surface area (Å²) in [5, 5.41) is 23.8. The fourth-order valence-electron chi connectivity index (χ4n) is 2.91. The first kappa shape index (κ1) is 14.7. The minimum atomic E-state index is -1.32. The predicted octanol–water partition coefficient (Wildman–Crippen LogP) is 2.52. The molecule has 1 aromatic heterocycles. The number of aromatic nitrogens is 1. The van der Waals surface area contributed by atoms with E-state index in [9.17, 15) is 24.8 Å². The van der Waals surface area contributed by atoms with Crippen LogP contribution in [0.25, 0.3) is 10.9 Å². The van der Waals surface area contributed by atoms with Crippen molar-refractivity contribution in [2.75, 3.05) is 5.32 Å². The fourth-order valence-corrected chi connectivity index (χ4v) is 2.91. The summed E-state index contributed by atoms with van der Waals surface area (Å²) in [5.41, 5.74) is -0.313. The van der Waals surface area contributed by atoms with Gasteiger partial charge in [0.2, 0.25) is 5.43 Å². The number of anilines is 1. The van der Waals surface area contributed by atoms with Crippen molar-refractivity contribution in [2.45, 2.75) is 37.8 Å². The average molecular weight is 329 g/mol. The number of fused-ring (bicyclic) bond motifs is 1. The van der Waals surface area contributed by atoms with E-state index in [1.54, 1.807) is 10.6 Å². The Bertz CT molecular complexity index is 941. The molecule has 0 bridgehead atoms.